The van der Waals surface area contributed by atoms with Gasteiger partial charge in [-0.3, -0.25) is 4.98 Å². The van der Waals surface area contributed by atoms with Crippen molar-refractivity contribution in [1.82, 2.24) is 14.3 Å². The van der Waals surface area contributed by atoms with Crippen molar-refractivity contribution in [3.8, 4) is 0 Å². The first-order valence-corrected chi connectivity index (χ1v) is 5.20. The molecule has 7 heteroatoms. The van der Waals surface area contributed by atoms with E-state index >= 15 is 0 Å². The van der Waals surface area contributed by atoms with Crippen LogP contribution in [0.25, 0.3) is 0 Å². The zero-order chi connectivity index (χ0) is 9.10. The maximum atomic E-state index is 5.37. The van der Waals surface area contributed by atoms with Gasteiger partial charge in [0.05, 0.1) is 12.1 Å². The van der Waals surface area contributed by atoms with E-state index in [9.17, 15) is 0 Å². The fraction of sp³-hybridized carbons (Fsp3) is 0.167. The summed E-state index contributed by atoms with van der Waals surface area (Å²) in [6.45, 7) is 0.722. The van der Waals surface area contributed by atoms with Crippen molar-refractivity contribution in [3.63, 3.8) is 0 Å². The molecule has 0 aliphatic rings. The van der Waals surface area contributed by atoms with Crippen LogP contribution in [0.15, 0.2) is 11.7 Å². The normalized spacial score (nSPS) is 10.2. The number of nitrogens with two attached hydrogens (primary N) is 1. The van der Waals surface area contributed by atoms with Crippen LogP contribution in [-0.2, 0) is 6.54 Å². The fourth-order valence-electron chi connectivity index (χ4n) is 0.799. The first-order valence-electron chi connectivity index (χ1n) is 3.55. The second-order valence-electron chi connectivity index (χ2n) is 2.28. The van der Waals surface area contributed by atoms with Crippen LogP contribution >= 0.6 is 22.9 Å². The lowest BCUT2D eigenvalue weighted by Gasteiger charge is -1.96. The molecule has 13 heavy (non-hydrogen) atoms. The third kappa shape index (κ3) is 2.13. The van der Waals surface area contributed by atoms with Gasteiger partial charge in [0.2, 0.25) is 11.1 Å². The molecule has 0 aliphatic heterocycles. The van der Waals surface area contributed by atoms with E-state index in [1.54, 1.807) is 16.8 Å². The summed E-state index contributed by atoms with van der Waals surface area (Å²) in [5, 5.41) is 3.84. The van der Waals surface area contributed by atoms with Crippen LogP contribution in [0.4, 0.5) is 11.1 Å². The Morgan fingerprint density at radius 3 is 3.08 bits per heavy atom. The Morgan fingerprint density at radius 1 is 1.54 bits per heavy atom. The van der Waals surface area contributed by atoms with Crippen molar-refractivity contribution in [2.45, 2.75) is 6.54 Å². The minimum atomic E-state index is 0.316. The van der Waals surface area contributed by atoms with E-state index in [1.807, 2.05) is 6.20 Å². The summed E-state index contributed by atoms with van der Waals surface area (Å²) in [4.78, 5) is 9.09. The Balaban J connectivity index is 1.93. The molecule has 0 aromatic carbocycles. The SMILES string of the molecule is Nc1nsc(NCc2cncs2)n1. The lowest BCUT2D eigenvalue weighted by Crippen LogP contribution is -1.97. The average molecular weight is 213 g/mol. The Hall–Kier alpha value is -1.21. The molecule has 0 saturated heterocycles. The number of hydrogen-bond donors (Lipinski definition) is 2. The number of hydrogen-bond acceptors (Lipinski definition) is 7. The highest BCUT2D eigenvalue weighted by Gasteiger charge is 2.00. The molecule has 0 fully saturated rings. The van der Waals surface area contributed by atoms with E-state index in [1.165, 1.54) is 11.5 Å². The Kier molecular flexibility index (Phi) is 2.37. The molecule has 0 saturated carbocycles. The maximum Gasteiger partial charge on any atom is 0.233 e. The number of rotatable bonds is 3. The fourth-order valence-corrected chi connectivity index (χ4v) is 1.83. The standard InChI is InChI=1S/C6H7N5S2/c7-5-10-6(13-11-5)9-2-4-1-8-3-12-4/h1,3H,2H2,(H3,7,9,10,11). The van der Waals surface area contributed by atoms with Gasteiger partial charge in [0, 0.05) is 22.6 Å². The average Bonchev–Trinajstić information content (AvgIpc) is 2.71. The topological polar surface area (TPSA) is 76.7 Å². The number of aromatic nitrogens is 3. The highest BCUT2D eigenvalue weighted by Crippen LogP contribution is 2.14. The summed E-state index contributed by atoms with van der Waals surface area (Å²) in [6, 6.07) is 0. The Morgan fingerprint density at radius 2 is 2.46 bits per heavy atom. The van der Waals surface area contributed by atoms with Crippen LogP contribution in [-0.4, -0.2) is 14.3 Å². The number of nitrogens with zero attached hydrogens (tertiary/aromatic N) is 3. The largest absolute Gasteiger partial charge is 0.367 e. The molecule has 0 unspecified atom stereocenters. The molecule has 0 spiro atoms. The molecule has 5 nitrogen and oxygen atoms in total. The van der Waals surface area contributed by atoms with Gasteiger partial charge in [-0.25, -0.2) is 0 Å². The molecule has 0 amide bonds. The molecule has 0 aliphatic carbocycles. The monoisotopic (exact) mass is 213 g/mol. The predicted octanol–water partition coefficient (Wildman–Crippen LogP) is 1.19. The molecule has 2 aromatic rings. The van der Waals surface area contributed by atoms with Crippen LogP contribution in [0.2, 0.25) is 0 Å². The zero-order valence-corrected chi connectivity index (χ0v) is 8.23. The van der Waals surface area contributed by atoms with Gasteiger partial charge in [0.15, 0.2) is 0 Å². The van der Waals surface area contributed by atoms with Crippen LogP contribution < -0.4 is 11.1 Å². The second kappa shape index (κ2) is 3.67. The van der Waals surface area contributed by atoms with E-state index in [4.69, 9.17) is 5.73 Å². The van der Waals surface area contributed by atoms with Gasteiger partial charge in [-0.1, -0.05) is 0 Å². The number of anilines is 2. The van der Waals surface area contributed by atoms with Gasteiger partial charge >= 0.3 is 0 Å². The van der Waals surface area contributed by atoms with E-state index < -0.39 is 0 Å². The van der Waals surface area contributed by atoms with Crippen molar-refractivity contribution in [2.24, 2.45) is 0 Å². The number of nitrogen functional groups attached to an aromatic ring is 1. The van der Waals surface area contributed by atoms with Gasteiger partial charge < -0.3 is 11.1 Å². The van der Waals surface area contributed by atoms with Crippen LogP contribution in [0, 0.1) is 0 Å². The first-order chi connectivity index (χ1) is 6.34. The van der Waals surface area contributed by atoms with E-state index in [0.29, 0.717) is 5.95 Å². The lowest BCUT2D eigenvalue weighted by atomic mass is 10.5. The van der Waals surface area contributed by atoms with Gasteiger partial charge in [-0.15, -0.1) is 11.3 Å². The second-order valence-corrected chi connectivity index (χ2v) is 4.00. The molecule has 3 N–H and O–H groups in total. The van der Waals surface area contributed by atoms with Gasteiger partial charge in [0.25, 0.3) is 0 Å². The third-order valence-electron chi connectivity index (χ3n) is 1.34. The molecule has 68 valence electrons. The van der Waals surface area contributed by atoms with E-state index in [0.717, 1.165) is 16.6 Å². The Bertz CT molecular complexity index is 368. The van der Waals surface area contributed by atoms with Crippen LogP contribution in [0.1, 0.15) is 4.88 Å². The predicted molar refractivity (Wildman–Crippen MR) is 53.8 cm³/mol. The van der Waals surface area contributed by atoms with Crippen molar-refractivity contribution in [1.29, 1.82) is 0 Å². The molecule has 0 radical (unpaired) electrons. The minimum Gasteiger partial charge on any atom is -0.367 e. The third-order valence-corrected chi connectivity index (χ3v) is 2.81. The molecule has 0 atom stereocenters. The molecule has 2 rings (SSSR count). The summed E-state index contributed by atoms with van der Waals surface area (Å²) < 4.78 is 3.85. The number of nitrogens with one attached hydrogen (secondary N) is 1. The number of thiazole rings is 1. The quantitative estimate of drug-likeness (QED) is 0.800. The zero-order valence-electron chi connectivity index (χ0n) is 6.60. The van der Waals surface area contributed by atoms with Gasteiger partial charge in [-0.2, -0.15) is 9.36 Å². The van der Waals surface area contributed by atoms with Crippen molar-refractivity contribution in [3.05, 3.63) is 16.6 Å². The molecule has 2 aromatic heterocycles. The maximum absolute atomic E-state index is 5.37. The molecule has 2 heterocycles. The highest BCUT2D eigenvalue weighted by atomic mass is 32.1. The first kappa shape index (κ1) is 8.39. The molecular weight excluding hydrogens is 206 g/mol. The van der Waals surface area contributed by atoms with Crippen molar-refractivity contribution >= 4 is 33.9 Å². The summed E-state index contributed by atoms with van der Waals surface area (Å²) in [5.41, 5.74) is 7.16. The van der Waals surface area contributed by atoms with Gasteiger partial charge in [0.1, 0.15) is 0 Å². The van der Waals surface area contributed by atoms with Crippen molar-refractivity contribution < 1.29 is 0 Å². The summed E-state index contributed by atoms with van der Waals surface area (Å²) in [7, 11) is 0. The summed E-state index contributed by atoms with van der Waals surface area (Å²) in [5.74, 6) is 0.316. The lowest BCUT2D eigenvalue weighted by molar-refractivity contribution is 1.16. The van der Waals surface area contributed by atoms with Crippen LogP contribution in [0.5, 0.6) is 0 Å². The van der Waals surface area contributed by atoms with Crippen molar-refractivity contribution in [2.75, 3.05) is 11.1 Å². The van der Waals surface area contributed by atoms with E-state index in [2.05, 4.69) is 19.7 Å². The highest BCUT2D eigenvalue weighted by molar-refractivity contribution is 7.10. The molecular formula is C6H7N5S2. The molecule has 0 bridgehead atoms. The smallest absolute Gasteiger partial charge is 0.233 e. The summed E-state index contributed by atoms with van der Waals surface area (Å²) >= 11 is 2.86. The van der Waals surface area contributed by atoms with Crippen LogP contribution in [0.3, 0.4) is 0 Å². The summed E-state index contributed by atoms with van der Waals surface area (Å²) in [6.07, 6.45) is 1.82. The van der Waals surface area contributed by atoms with Gasteiger partial charge in [-0.05, 0) is 0 Å². The van der Waals surface area contributed by atoms with E-state index in [-0.39, 0.29) is 0 Å². The Labute approximate surface area is 82.8 Å². The minimum absolute atomic E-state index is 0.316.